The molecule has 1 amide bonds. The van der Waals surface area contributed by atoms with Gasteiger partial charge >= 0.3 is 0 Å². The summed E-state index contributed by atoms with van der Waals surface area (Å²) in [5, 5.41) is 10.00. The van der Waals surface area contributed by atoms with Crippen molar-refractivity contribution in [2.75, 3.05) is 13.1 Å². The molecule has 0 radical (unpaired) electrons. The summed E-state index contributed by atoms with van der Waals surface area (Å²) in [5.74, 6) is -0.237. The van der Waals surface area contributed by atoms with Crippen LogP contribution in [0.15, 0.2) is 24.5 Å². The number of pyridine rings is 1. The summed E-state index contributed by atoms with van der Waals surface area (Å²) in [5.41, 5.74) is 6.39. The summed E-state index contributed by atoms with van der Waals surface area (Å²) in [6.45, 7) is 4.94. The minimum Gasteiger partial charge on any atom is -0.386 e. The molecule has 1 aromatic heterocycles. The normalized spacial score (nSPS) is 13.3. The largest absolute Gasteiger partial charge is 0.386 e. The van der Waals surface area contributed by atoms with Crippen LogP contribution in [0.4, 0.5) is 0 Å². The van der Waals surface area contributed by atoms with Gasteiger partial charge in [-0.05, 0) is 31.5 Å². The summed E-state index contributed by atoms with van der Waals surface area (Å²) >= 11 is 0. The van der Waals surface area contributed by atoms with E-state index in [-0.39, 0.29) is 13.3 Å². The molecule has 102 valence electrons. The summed E-state index contributed by atoms with van der Waals surface area (Å²) in [4.78, 5) is 17.4. The molecule has 0 aliphatic heterocycles. The third-order valence-electron chi connectivity index (χ3n) is 2.75. The van der Waals surface area contributed by atoms with Gasteiger partial charge in [-0.3, -0.25) is 9.78 Å². The van der Waals surface area contributed by atoms with E-state index in [1.807, 2.05) is 13.8 Å². The molecule has 5 heteroatoms. The van der Waals surface area contributed by atoms with Gasteiger partial charge < -0.3 is 15.7 Å². The van der Waals surface area contributed by atoms with Gasteiger partial charge in [0.1, 0.15) is 12.1 Å². The van der Waals surface area contributed by atoms with Crippen LogP contribution in [0.3, 0.4) is 0 Å². The highest BCUT2D eigenvalue weighted by Gasteiger charge is 2.26. The van der Waals surface area contributed by atoms with E-state index in [0.29, 0.717) is 18.7 Å². The van der Waals surface area contributed by atoms with Crippen LogP contribution in [0.5, 0.6) is 0 Å². The Balaban J connectivity index is 0.00000289. The predicted octanol–water partition coefficient (Wildman–Crippen LogP) is 0.947. The number of carbonyl (C=O) groups excluding carboxylic acids is 1. The Morgan fingerprint density at radius 3 is 2.33 bits per heavy atom. The topological polar surface area (TPSA) is 79.5 Å². The van der Waals surface area contributed by atoms with Gasteiger partial charge in [0.25, 0.3) is 0 Å². The van der Waals surface area contributed by atoms with Gasteiger partial charge in [0, 0.05) is 25.5 Å². The quantitative estimate of drug-likeness (QED) is 0.818. The van der Waals surface area contributed by atoms with Crippen LogP contribution in [0.25, 0.3) is 0 Å². The van der Waals surface area contributed by atoms with Crippen molar-refractivity contribution in [1.29, 1.82) is 0 Å². The maximum Gasteiger partial charge on any atom is 0.242 e. The lowest BCUT2D eigenvalue weighted by molar-refractivity contribution is -0.134. The molecular formula is C13H23N3O2. The van der Waals surface area contributed by atoms with Gasteiger partial charge in [-0.15, -0.1) is 0 Å². The van der Waals surface area contributed by atoms with Crippen LogP contribution < -0.4 is 5.73 Å². The lowest BCUT2D eigenvalue weighted by Crippen LogP contribution is -2.46. The molecule has 1 rings (SSSR count). The molecule has 18 heavy (non-hydrogen) atoms. The highest BCUT2D eigenvalue weighted by molar-refractivity contribution is 5.82. The van der Waals surface area contributed by atoms with E-state index in [1.54, 1.807) is 29.4 Å². The first kappa shape index (κ1) is 16.5. The van der Waals surface area contributed by atoms with Crippen molar-refractivity contribution in [3.8, 4) is 0 Å². The molecule has 0 bridgehead atoms. The van der Waals surface area contributed by atoms with Crippen molar-refractivity contribution >= 4 is 5.91 Å². The zero-order chi connectivity index (χ0) is 12.8. The van der Waals surface area contributed by atoms with Gasteiger partial charge in [0.15, 0.2) is 0 Å². The van der Waals surface area contributed by atoms with Crippen LogP contribution in [0, 0.1) is 0 Å². The van der Waals surface area contributed by atoms with E-state index in [2.05, 4.69) is 4.98 Å². The van der Waals surface area contributed by atoms with Crippen molar-refractivity contribution in [1.82, 2.24) is 9.88 Å². The Bertz CT molecular complexity index is 353. The van der Waals surface area contributed by atoms with E-state index < -0.39 is 12.1 Å². The Hall–Kier alpha value is -1.46. The Kier molecular flexibility index (Phi) is 7.16. The van der Waals surface area contributed by atoms with Gasteiger partial charge in [-0.1, -0.05) is 7.43 Å². The third-order valence-corrected chi connectivity index (χ3v) is 2.75. The summed E-state index contributed by atoms with van der Waals surface area (Å²) in [6.07, 6.45) is 2.13. The van der Waals surface area contributed by atoms with Gasteiger partial charge in [0.2, 0.25) is 5.91 Å². The minimum absolute atomic E-state index is 0. The second-order valence-corrected chi connectivity index (χ2v) is 3.76. The summed E-state index contributed by atoms with van der Waals surface area (Å²) < 4.78 is 0. The number of rotatable bonds is 5. The SMILES string of the molecule is C.CCN(CC)C(=O)[C@H](N)[C@@H](O)c1ccncc1. The monoisotopic (exact) mass is 253 g/mol. The fraction of sp³-hybridized carbons (Fsp3) is 0.538. The number of likely N-dealkylation sites (N-methyl/N-ethyl adjacent to an activating group) is 1. The third kappa shape index (κ3) is 3.78. The van der Waals surface area contributed by atoms with Crippen molar-refractivity contribution < 1.29 is 9.90 Å². The molecule has 1 heterocycles. The maximum absolute atomic E-state index is 11.9. The van der Waals surface area contributed by atoms with E-state index in [0.717, 1.165) is 0 Å². The molecule has 0 unspecified atom stereocenters. The number of hydrogen-bond acceptors (Lipinski definition) is 4. The molecule has 0 spiro atoms. The first-order chi connectivity index (χ1) is 8.11. The fourth-order valence-corrected chi connectivity index (χ4v) is 1.65. The van der Waals surface area contributed by atoms with E-state index >= 15 is 0 Å². The summed E-state index contributed by atoms with van der Waals surface area (Å²) in [7, 11) is 0. The van der Waals surface area contributed by atoms with Crippen LogP contribution in [0.2, 0.25) is 0 Å². The molecule has 0 aromatic carbocycles. The van der Waals surface area contributed by atoms with E-state index in [9.17, 15) is 9.90 Å². The molecule has 0 saturated heterocycles. The first-order valence-electron chi connectivity index (χ1n) is 5.74. The van der Waals surface area contributed by atoms with Crippen LogP contribution >= 0.6 is 0 Å². The number of nitrogens with two attached hydrogens (primary N) is 1. The number of carbonyl (C=O) groups is 1. The van der Waals surface area contributed by atoms with Crippen LogP contribution in [-0.2, 0) is 4.79 Å². The number of hydrogen-bond donors (Lipinski definition) is 2. The maximum atomic E-state index is 11.9. The molecule has 0 fully saturated rings. The fourth-order valence-electron chi connectivity index (χ4n) is 1.65. The summed E-state index contributed by atoms with van der Waals surface area (Å²) in [6, 6.07) is 2.37. The molecular weight excluding hydrogens is 230 g/mol. The van der Waals surface area contributed by atoms with Crippen molar-refractivity contribution in [2.24, 2.45) is 5.73 Å². The Morgan fingerprint density at radius 2 is 1.89 bits per heavy atom. The second kappa shape index (κ2) is 7.79. The zero-order valence-electron chi connectivity index (χ0n) is 10.2. The second-order valence-electron chi connectivity index (χ2n) is 3.76. The average molecular weight is 253 g/mol. The molecule has 5 nitrogen and oxygen atoms in total. The van der Waals surface area contributed by atoms with Crippen molar-refractivity contribution in [2.45, 2.75) is 33.4 Å². The molecule has 3 N–H and O–H groups in total. The lowest BCUT2D eigenvalue weighted by atomic mass is 10.0. The Labute approximate surface area is 109 Å². The number of aliphatic hydroxyl groups is 1. The van der Waals surface area contributed by atoms with Crippen molar-refractivity contribution in [3.63, 3.8) is 0 Å². The number of amides is 1. The highest BCUT2D eigenvalue weighted by Crippen LogP contribution is 2.15. The molecule has 2 atom stereocenters. The number of aromatic nitrogens is 1. The van der Waals surface area contributed by atoms with Gasteiger partial charge in [-0.2, -0.15) is 0 Å². The smallest absolute Gasteiger partial charge is 0.242 e. The van der Waals surface area contributed by atoms with Crippen LogP contribution in [-0.4, -0.2) is 40.0 Å². The van der Waals surface area contributed by atoms with E-state index in [4.69, 9.17) is 5.73 Å². The molecule has 1 aromatic rings. The first-order valence-corrected chi connectivity index (χ1v) is 5.74. The lowest BCUT2D eigenvalue weighted by Gasteiger charge is -2.25. The van der Waals surface area contributed by atoms with E-state index in [1.165, 1.54) is 0 Å². The minimum atomic E-state index is -0.994. The number of nitrogens with zero attached hydrogens (tertiary/aromatic N) is 2. The van der Waals surface area contributed by atoms with Crippen molar-refractivity contribution in [3.05, 3.63) is 30.1 Å². The Morgan fingerprint density at radius 1 is 1.39 bits per heavy atom. The highest BCUT2D eigenvalue weighted by atomic mass is 16.3. The molecule has 0 aliphatic rings. The molecule has 0 aliphatic carbocycles. The van der Waals surface area contributed by atoms with Gasteiger partial charge in [-0.25, -0.2) is 0 Å². The average Bonchev–Trinajstić information content (AvgIpc) is 2.39. The zero-order valence-corrected chi connectivity index (χ0v) is 10.2. The molecule has 0 saturated carbocycles. The predicted molar refractivity (Wildman–Crippen MR) is 71.8 cm³/mol. The standard InChI is InChI=1S/C12H19N3O2.CH4/c1-3-15(4-2)12(17)10(13)11(16)9-5-7-14-8-6-9;/h5-8,10-11,16H,3-4,13H2,1-2H3;1H4/t10-,11+;/m1./s1. The van der Waals surface area contributed by atoms with Crippen LogP contribution in [0.1, 0.15) is 32.9 Å². The van der Waals surface area contributed by atoms with Gasteiger partial charge in [0.05, 0.1) is 0 Å². The number of aliphatic hydroxyl groups excluding tert-OH is 1.